The number of rotatable bonds is 10. The predicted octanol–water partition coefficient (Wildman–Crippen LogP) is 6.25. The van der Waals surface area contributed by atoms with E-state index in [-0.39, 0.29) is 23.9 Å². The topological polar surface area (TPSA) is 102 Å². The molecule has 3 heterocycles. The van der Waals surface area contributed by atoms with E-state index in [9.17, 15) is 9.59 Å². The van der Waals surface area contributed by atoms with Gasteiger partial charge in [0.15, 0.2) is 23.0 Å². The maximum absolute atomic E-state index is 13.2. The summed E-state index contributed by atoms with van der Waals surface area (Å²) in [6.07, 6.45) is 5.61. The number of benzene rings is 2. The zero-order chi connectivity index (χ0) is 32.7. The van der Waals surface area contributed by atoms with Gasteiger partial charge in [-0.15, -0.1) is 0 Å². The van der Waals surface area contributed by atoms with Gasteiger partial charge < -0.3 is 28.7 Å². The SMILES string of the molecule is C=C1CC(C=Nc2cc(OCCCOc3cc4c(cc3OC)C(=O)N3CC(=C)CC3C=N4)c(OC)cc2C)N(C(C)=O)C1.CC. The van der Waals surface area contributed by atoms with E-state index in [0.29, 0.717) is 73.4 Å². The van der Waals surface area contributed by atoms with Crippen molar-refractivity contribution in [2.45, 2.75) is 59.0 Å². The number of hydrogen-bond donors (Lipinski definition) is 0. The Morgan fingerprint density at radius 3 is 2.29 bits per heavy atom. The third kappa shape index (κ3) is 7.56. The van der Waals surface area contributed by atoms with E-state index in [2.05, 4.69) is 23.1 Å². The summed E-state index contributed by atoms with van der Waals surface area (Å²) < 4.78 is 23.2. The second kappa shape index (κ2) is 14.9. The largest absolute Gasteiger partial charge is 0.493 e. The molecule has 2 aromatic carbocycles. The number of ether oxygens (including phenoxy) is 4. The van der Waals surface area contributed by atoms with E-state index in [1.807, 2.05) is 39.1 Å². The lowest BCUT2D eigenvalue weighted by Gasteiger charge is -2.20. The number of nitrogens with zero attached hydrogens (tertiary/aromatic N) is 4. The van der Waals surface area contributed by atoms with Gasteiger partial charge in [0.2, 0.25) is 5.91 Å². The Hall–Kier alpha value is -4.60. The summed E-state index contributed by atoms with van der Waals surface area (Å²) in [4.78, 5) is 38.0. The van der Waals surface area contributed by atoms with Crippen molar-refractivity contribution in [1.82, 2.24) is 9.80 Å². The summed E-state index contributed by atoms with van der Waals surface area (Å²) in [6, 6.07) is 6.99. The summed E-state index contributed by atoms with van der Waals surface area (Å²) in [5.41, 5.74) is 4.74. The molecule has 3 aliphatic heterocycles. The number of carbonyl (C=O) groups is 2. The van der Waals surface area contributed by atoms with E-state index >= 15 is 0 Å². The standard InChI is InChI=1S/C33H38N4O6.C2H6/c1-20-10-24(36(18-20)23(4)38)16-34-27-14-31(29(40-5)12-22(27)3)42-8-7-9-43-32-15-28-26(13-30(32)41-6)33(39)37-19-21(2)11-25(37)17-35-28;1-2/h12-17,24-25H,1-2,7-11,18-19H2,3-6H3;1-2H3. The summed E-state index contributed by atoms with van der Waals surface area (Å²) in [7, 11) is 3.15. The molecule has 5 rings (SSSR count). The molecule has 0 spiro atoms. The predicted molar refractivity (Wildman–Crippen MR) is 177 cm³/mol. The monoisotopic (exact) mass is 616 g/mol. The average Bonchev–Trinajstić information content (AvgIpc) is 3.58. The van der Waals surface area contributed by atoms with Crippen molar-refractivity contribution in [3.63, 3.8) is 0 Å². The van der Waals surface area contributed by atoms with Gasteiger partial charge in [-0.25, -0.2) is 0 Å². The van der Waals surface area contributed by atoms with Crippen LogP contribution in [0.15, 0.2) is 58.6 Å². The molecule has 0 N–H and O–H groups in total. The van der Waals surface area contributed by atoms with Crippen LogP contribution in [-0.4, -0.2) is 86.6 Å². The first-order chi connectivity index (χ1) is 21.7. The minimum Gasteiger partial charge on any atom is -0.493 e. The van der Waals surface area contributed by atoms with Gasteiger partial charge in [-0.1, -0.05) is 38.2 Å². The first-order valence-electron chi connectivity index (χ1n) is 15.3. The Labute approximate surface area is 266 Å². The Morgan fingerprint density at radius 1 is 0.978 bits per heavy atom. The van der Waals surface area contributed by atoms with Crippen LogP contribution in [0.2, 0.25) is 0 Å². The van der Waals surface area contributed by atoms with Crippen LogP contribution in [0.1, 0.15) is 56.0 Å². The van der Waals surface area contributed by atoms with Crippen LogP contribution in [0.4, 0.5) is 11.4 Å². The number of aryl methyl sites for hydroxylation is 1. The summed E-state index contributed by atoms with van der Waals surface area (Å²) in [5, 5.41) is 0. The molecule has 2 aromatic rings. The number of amides is 2. The minimum absolute atomic E-state index is 0.00411. The van der Waals surface area contributed by atoms with Crippen LogP contribution < -0.4 is 18.9 Å². The molecule has 2 amide bonds. The van der Waals surface area contributed by atoms with Gasteiger partial charge in [0, 0.05) is 51.0 Å². The molecular formula is C35H44N4O6. The zero-order valence-corrected chi connectivity index (χ0v) is 27.2. The number of carbonyl (C=O) groups excluding carboxylic acids is 2. The minimum atomic E-state index is -0.112. The van der Waals surface area contributed by atoms with Gasteiger partial charge in [0.05, 0.1) is 56.5 Å². The van der Waals surface area contributed by atoms with Crippen LogP contribution in [-0.2, 0) is 4.79 Å². The Balaban J connectivity index is 0.00000226. The molecular weight excluding hydrogens is 572 g/mol. The first kappa shape index (κ1) is 33.3. The van der Waals surface area contributed by atoms with Crippen LogP contribution in [0.3, 0.4) is 0 Å². The summed E-state index contributed by atoms with van der Waals surface area (Å²) in [6.45, 7) is 17.4. The van der Waals surface area contributed by atoms with E-state index < -0.39 is 0 Å². The molecule has 240 valence electrons. The molecule has 0 aromatic heterocycles. The van der Waals surface area contributed by atoms with Crippen molar-refractivity contribution in [1.29, 1.82) is 0 Å². The molecule has 0 aliphatic carbocycles. The molecule has 45 heavy (non-hydrogen) atoms. The number of likely N-dealkylation sites (tertiary alicyclic amines) is 1. The van der Waals surface area contributed by atoms with Crippen molar-refractivity contribution >= 4 is 35.6 Å². The maximum atomic E-state index is 13.2. The normalized spacial score (nSPS) is 18.8. The first-order valence-corrected chi connectivity index (χ1v) is 15.3. The Bertz CT molecular complexity index is 1510. The Morgan fingerprint density at radius 2 is 1.62 bits per heavy atom. The number of fused-ring (bicyclic) bond motifs is 2. The number of hydrogen-bond acceptors (Lipinski definition) is 8. The van der Waals surface area contributed by atoms with Crippen molar-refractivity contribution in [3.05, 3.63) is 59.7 Å². The van der Waals surface area contributed by atoms with E-state index in [0.717, 1.165) is 28.8 Å². The maximum Gasteiger partial charge on any atom is 0.257 e. The Kier molecular flexibility index (Phi) is 11.0. The van der Waals surface area contributed by atoms with Crippen LogP contribution in [0.5, 0.6) is 23.0 Å². The van der Waals surface area contributed by atoms with E-state index in [1.54, 1.807) is 49.3 Å². The lowest BCUT2D eigenvalue weighted by atomic mass is 10.1. The van der Waals surface area contributed by atoms with E-state index in [1.165, 1.54) is 0 Å². The molecule has 2 fully saturated rings. The fourth-order valence-electron chi connectivity index (χ4n) is 5.56. The average molecular weight is 617 g/mol. The quantitative estimate of drug-likeness (QED) is 0.178. The van der Waals surface area contributed by atoms with Crippen LogP contribution in [0, 0.1) is 6.92 Å². The van der Waals surface area contributed by atoms with Crippen molar-refractivity contribution in [2.24, 2.45) is 9.98 Å². The zero-order valence-electron chi connectivity index (χ0n) is 27.2. The lowest BCUT2D eigenvalue weighted by Crippen LogP contribution is -2.35. The smallest absolute Gasteiger partial charge is 0.257 e. The molecule has 2 atom stereocenters. The molecule has 2 unspecified atom stereocenters. The molecule has 10 heteroatoms. The van der Waals surface area contributed by atoms with Crippen molar-refractivity contribution in [2.75, 3.05) is 40.5 Å². The molecule has 0 bridgehead atoms. The third-order valence-electron chi connectivity index (χ3n) is 7.82. The number of methoxy groups -OCH3 is 2. The van der Waals surface area contributed by atoms with Gasteiger partial charge in [-0.2, -0.15) is 0 Å². The fraction of sp³-hybridized carbons (Fsp3) is 0.429. The molecule has 0 radical (unpaired) electrons. The second-order valence-corrected chi connectivity index (χ2v) is 11.0. The number of aliphatic imine (C=N–C) groups is 2. The lowest BCUT2D eigenvalue weighted by molar-refractivity contribution is -0.128. The highest BCUT2D eigenvalue weighted by atomic mass is 16.5. The van der Waals surface area contributed by atoms with Crippen LogP contribution >= 0.6 is 0 Å². The van der Waals surface area contributed by atoms with Crippen molar-refractivity contribution in [3.8, 4) is 23.0 Å². The highest BCUT2D eigenvalue weighted by molar-refractivity contribution is 6.03. The van der Waals surface area contributed by atoms with Gasteiger partial charge in [0.25, 0.3) is 5.91 Å². The molecule has 2 saturated heterocycles. The fourth-order valence-corrected chi connectivity index (χ4v) is 5.56. The van der Waals surface area contributed by atoms with Crippen LogP contribution in [0.25, 0.3) is 0 Å². The molecule has 10 nitrogen and oxygen atoms in total. The highest BCUT2D eigenvalue weighted by Gasteiger charge is 2.34. The van der Waals surface area contributed by atoms with Crippen molar-refractivity contribution < 1.29 is 28.5 Å². The second-order valence-electron chi connectivity index (χ2n) is 11.0. The van der Waals surface area contributed by atoms with Gasteiger partial charge in [0.1, 0.15) is 0 Å². The highest BCUT2D eigenvalue weighted by Crippen LogP contribution is 2.39. The molecule has 3 aliphatic rings. The van der Waals surface area contributed by atoms with Gasteiger partial charge in [-0.05, 0) is 37.5 Å². The summed E-state index contributed by atoms with van der Waals surface area (Å²) in [5.74, 6) is 2.07. The van der Waals surface area contributed by atoms with E-state index in [4.69, 9.17) is 18.9 Å². The molecule has 0 saturated carbocycles. The van der Waals surface area contributed by atoms with Gasteiger partial charge in [-0.3, -0.25) is 19.6 Å². The van der Waals surface area contributed by atoms with Gasteiger partial charge >= 0.3 is 0 Å². The third-order valence-corrected chi connectivity index (χ3v) is 7.82. The summed E-state index contributed by atoms with van der Waals surface area (Å²) >= 11 is 0.